The molecule has 0 spiro atoms. The lowest BCUT2D eigenvalue weighted by atomic mass is 10.0. The Kier molecular flexibility index (Phi) is 2.06. The highest BCUT2D eigenvalue weighted by Crippen LogP contribution is 2.35. The highest BCUT2D eigenvalue weighted by Gasteiger charge is 2.31. The Morgan fingerprint density at radius 1 is 1.00 bits per heavy atom. The van der Waals surface area contributed by atoms with Crippen LogP contribution in [0.15, 0.2) is 24.3 Å². The van der Waals surface area contributed by atoms with Crippen molar-refractivity contribution in [1.29, 1.82) is 0 Å². The van der Waals surface area contributed by atoms with E-state index in [2.05, 4.69) is 29.6 Å². The number of benzene rings is 1. The first-order valence-electron chi connectivity index (χ1n) is 5.73. The fourth-order valence-electron chi connectivity index (χ4n) is 2.53. The highest BCUT2D eigenvalue weighted by atomic mass is 14.9. The van der Waals surface area contributed by atoms with Crippen LogP contribution < -0.4 is 5.32 Å². The minimum absolute atomic E-state index is 0.794. The van der Waals surface area contributed by atoms with Crippen LogP contribution >= 0.6 is 0 Å². The van der Waals surface area contributed by atoms with Crippen molar-refractivity contribution < 1.29 is 0 Å². The van der Waals surface area contributed by atoms with Gasteiger partial charge in [-0.1, -0.05) is 24.3 Å². The number of hydrogen-bond acceptors (Lipinski definition) is 1. The van der Waals surface area contributed by atoms with Crippen LogP contribution in [0.5, 0.6) is 0 Å². The van der Waals surface area contributed by atoms with Crippen LogP contribution in [-0.4, -0.2) is 6.04 Å². The van der Waals surface area contributed by atoms with E-state index in [0.717, 1.165) is 18.5 Å². The summed E-state index contributed by atoms with van der Waals surface area (Å²) >= 11 is 0. The zero-order chi connectivity index (χ0) is 9.38. The summed E-state index contributed by atoms with van der Waals surface area (Å²) in [6.45, 7) is 1.08. The minimum atomic E-state index is 0.794. The second-order valence-corrected chi connectivity index (χ2v) is 4.63. The van der Waals surface area contributed by atoms with E-state index in [-0.39, 0.29) is 0 Å². The molecule has 3 rings (SSSR count). The summed E-state index contributed by atoms with van der Waals surface area (Å²) in [7, 11) is 0. The molecular weight excluding hydrogens is 170 g/mol. The zero-order valence-corrected chi connectivity index (χ0v) is 8.50. The molecule has 0 bridgehead atoms. The van der Waals surface area contributed by atoms with Crippen molar-refractivity contribution in [3.05, 3.63) is 35.4 Å². The maximum atomic E-state index is 3.70. The van der Waals surface area contributed by atoms with Gasteiger partial charge in [-0.2, -0.15) is 0 Å². The summed E-state index contributed by atoms with van der Waals surface area (Å²) in [4.78, 5) is 0. The van der Waals surface area contributed by atoms with Gasteiger partial charge in [-0.05, 0) is 42.7 Å². The van der Waals surface area contributed by atoms with E-state index in [4.69, 9.17) is 0 Å². The summed E-state index contributed by atoms with van der Waals surface area (Å²) in [5, 5.41) is 3.70. The van der Waals surface area contributed by atoms with E-state index >= 15 is 0 Å². The van der Waals surface area contributed by atoms with Crippen LogP contribution in [0.25, 0.3) is 0 Å². The quantitative estimate of drug-likeness (QED) is 0.712. The molecule has 1 heteroatoms. The van der Waals surface area contributed by atoms with Crippen molar-refractivity contribution in [1.82, 2.24) is 5.32 Å². The Bertz CT molecular complexity index is 301. The number of aryl methyl sites for hydroxylation is 1. The molecule has 0 aromatic heterocycles. The van der Waals surface area contributed by atoms with Gasteiger partial charge in [-0.15, -0.1) is 0 Å². The molecule has 1 N–H and O–H groups in total. The van der Waals surface area contributed by atoms with E-state index < -0.39 is 0 Å². The van der Waals surface area contributed by atoms with E-state index in [0.29, 0.717) is 0 Å². The molecule has 1 nitrogen and oxygen atoms in total. The topological polar surface area (TPSA) is 12.0 Å². The maximum Gasteiger partial charge on any atom is 0.0210 e. The third kappa shape index (κ3) is 1.57. The van der Waals surface area contributed by atoms with Gasteiger partial charge in [0.25, 0.3) is 0 Å². The fraction of sp³-hybridized carbons (Fsp3) is 0.538. The molecule has 1 aromatic carbocycles. The normalized spacial score (nSPS) is 26.7. The lowest BCUT2D eigenvalue weighted by Crippen LogP contribution is -2.29. The second kappa shape index (κ2) is 3.39. The van der Waals surface area contributed by atoms with Gasteiger partial charge in [-0.25, -0.2) is 0 Å². The summed E-state index contributed by atoms with van der Waals surface area (Å²) in [5.74, 6) is 0.990. The summed E-state index contributed by atoms with van der Waals surface area (Å²) in [5.41, 5.74) is 3.07. The Labute approximate surface area is 85.5 Å². The average molecular weight is 187 g/mol. The van der Waals surface area contributed by atoms with Gasteiger partial charge in [0.05, 0.1) is 0 Å². The molecule has 1 aliphatic heterocycles. The minimum Gasteiger partial charge on any atom is -0.310 e. The second-order valence-electron chi connectivity index (χ2n) is 4.63. The van der Waals surface area contributed by atoms with Crippen molar-refractivity contribution in [2.24, 2.45) is 5.92 Å². The van der Waals surface area contributed by atoms with Crippen molar-refractivity contribution in [3.63, 3.8) is 0 Å². The zero-order valence-electron chi connectivity index (χ0n) is 8.50. The third-order valence-electron chi connectivity index (χ3n) is 3.59. The van der Waals surface area contributed by atoms with Crippen LogP contribution in [0, 0.1) is 5.92 Å². The monoisotopic (exact) mass is 187 g/mol. The molecule has 2 aliphatic rings. The molecule has 0 saturated heterocycles. The summed E-state index contributed by atoms with van der Waals surface area (Å²) < 4.78 is 0. The lowest BCUT2D eigenvalue weighted by Gasteiger charge is -2.13. The van der Waals surface area contributed by atoms with Gasteiger partial charge in [0.15, 0.2) is 0 Å². The molecule has 1 unspecified atom stereocenters. The van der Waals surface area contributed by atoms with Crippen LogP contribution in [0.4, 0.5) is 0 Å². The standard InChI is InChI=1S/C13H17N/c1-2-4-12-9-14-13(11-5-6-11)8-7-10(12)3-1/h1-4,11,13-14H,5-9H2. The fourth-order valence-corrected chi connectivity index (χ4v) is 2.53. The van der Waals surface area contributed by atoms with Crippen LogP contribution in [-0.2, 0) is 13.0 Å². The van der Waals surface area contributed by atoms with Gasteiger partial charge in [0.1, 0.15) is 0 Å². The van der Waals surface area contributed by atoms with E-state index in [1.807, 2.05) is 0 Å². The Morgan fingerprint density at radius 2 is 1.79 bits per heavy atom. The van der Waals surface area contributed by atoms with Crippen LogP contribution in [0.3, 0.4) is 0 Å². The summed E-state index contributed by atoms with van der Waals surface area (Å²) in [6.07, 6.45) is 5.51. The molecule has 0 amide bonds. The number of nitrogens with one attached hydrogen (secondary N) is 1. The average Bonchev–Trinajstić information content (AvgIpc) is 3.03. The molecule has 1 fully saturated rings. The predicted octanol–water partition coefficient (Wildman–Crippen LogP) is 2.50. The van der Waals surface area contributed by atoms with Crippen LogP contribution in [0.2, 0.25) is 0 Å². The Balaban J connectivity index is 1.79. The van der Waals surface area contributed by atoms with E-state index in [1.54, 1.807) is 5.56 Å². The van der Waals surface area contributed by atoms with E-state index in [9.17, 15) is 0 Å². The molecular formula is C13H17N. The predicted molar refractivity (Wildman–Crippen MR) is 58.1 cm³/mol. The van der Waals surface area contributed by atoms with Crippen LogP contribution in [0.1, 0.15) is 30.4 Å². The molecule has 1 saturated carbocycles. The lowest BCUT2D eigenvalue weighted by molar-refractivity contribution is 0.447. The maximum absolute atomic E-state index is 3.70. The first-order chi connectivity index (χ1) is 6.93. The largest absolute Gasteiger partial charge is 0.310 e. The first kappa shape index (κ1) is 8.49. The number of fused-ring (bicyclic) bond motifs is 1. The third-order valence-corrected chi connectivity index (χ3v) is 3.59. The molecule has 1 aliphatic carbocycles. The van der Waals surface area contributed by atoms with E-state index in [1.165, 1.54) is 31.2 Å². The molecule has 1 atom stereocenters. The van der Waals surface area contributed by atoms with Crippen molar-refractivity contribution >= 4 is 0 Å². The molecule has 74 valence electrons. The Morgan fingerprint density at radius 3 is 2.57 bits per heavy atom. The Hall–Kier alpha value is -0.820. The number of hydrogen-bond donors (Lipinski definition) is 1. The molecule has 1 heterocycles. The van der Waals surface area contributed by atoms with Gasteiger partial charge >= 0.3 is 0 Å². The van der Waals surface area contributed by atoms with Crippen molar-refractivity contribution in [2.75, 3.05) is 0 Å². The van der Waals surface area contributed by atoms with Gasteiger partial charge in [0, 0.05) is 12.6 Å². The highest BCUT2D eigenvalue weighted by molar-refractivity contribution is 5.28. The number of rotatable bonds is 1. The van der Waals surface area contributed by atoms with Gasteiger partial charge in [0.2, 0.25) is 0 Å². The smallest absolute Gasteiger partial charge is 0.0210 e. The molecule has 1 aromatic rings. The van der Waals surface area contributed by atoms with Gasteiger partial charge < -0.3 is 5.32 Å². The van der Waals surface area contributed by atoms with Gasteiger partial charge in [-0.3, -0.25) is 0 Å². The van der Waals surface area contributed by atoms with Crippen molar-refractivity contribution in [2.45, 2.75) is 38.3 Å². The molecule has 14 heavy (non-hydrogen) atoms. The molecule has 0 radical (unpaired) electrons. The van der Waals surface area contributed by atoms with Crippen molar-refractivity contribution in [3.8, 4) is 0 Å². The summed E-state index contributed by atoms with van der Waals surface area (Å²) in [6, 6.07) is 9.65. The first-order valence-corrected chi connectivity index (χ1v) is 5.73. The SMILES string of the molecule is c1ccc2c(c1)CCC(C1CC1)NC2.